The lowest BCUT2D eigenvalue weighted by Crippen LogP contribution is -1.95. The van der Waals surface area contributed by atoms with E-state index in [4.69, 9.17) is 0 Å². The molecule has 0 radical (unpaired) electrons. The lowest BCUT2D eigenvalue weighted by Gasteiger charge is -2.02. The van der Waals surface area contributed by atoms with E-state index in [1.165, 1.54) is 4.70 Å². The van der Waals surface area contributed by atoms with Crippen molar-refractivity contribution in [1.82, 2.24) is 24.7 Å². The smallest absolute Gasteiger partial charge is 0.191 e. The number of aromatic nitrogens is 5. The van der Waals surface area contributed by atoms with Gasteiger partial charge in [-0.3, -0.25) is 4.98 Å². The molecule has 114 valence electrons. The molecule has 0 aliphatic heterocycles. The highest BCUT2D eigenvalue weighted by atomic mass is 32.2. The van der Waals surface area contributed by atoms with E-state index in [1.807, 2.05) is 41.9 Å². The van der Waals surface area contributed by atoms with Gasteiger partial charge in [0.05, 0.1) is 16.0 Å². The van der Waals surface area contributed by atoms with Gasteiger partial charge in [-0.05, 0) is 24.3 Å². The Labute approximate surface area is 141 Å². The van der Waals surface area contributed by atoms with Gasteiger partial charge in [0.1, 0.15) is 5.01 Å². The predicted octanol–water partition coefficient (Wildman–Crippen LogP) is 3.78. The van der Waals surface area contributed by atoms with Gasteiger partial charge < -0.3 is 4.57 Å². The quantitative estimate of drug-likeness (QED) is 0.530. The predicted molar refractivity (Wildman–Crippen MR) is 93.4 cm³/mol. The zero-order valence-electron chi connectivity index (χ0n) is 12.4. The molecule has 0 saturated heterocycles. The fraction of sp³-hybridized carbons (Fsp3) is 0.125. The first-order chi connectivity index (χ1) is 11.3. The number of fused-ring (bicyclic) bond motifs is 1. The fourth-order valence-corrected chi connectivity index (χ4v) is 4.17. The second-order valence-electron chi connectivity index (χ2n) is 4.97. The molecule has 3 aromatic heterocycles. The van der Waals surface area contributed by atoms with Gasteiger partial charge in [-0.2, -0.15) is 0 Å². The van der Waals surface area contributed by atoms with Gasteiger partial charge in [-0.15, -0.1) is 21.5 Å². The third-order valence-corrected chi connectivity index (χ3v) is 5.67. The summed E-state index contributed by atoms with van der Waals surface area (Å²) >= 11 is 3.37. The summed E-state index contributed by atoms with van der Waals surface area (Å²) in [5, 5.41) is 10.5. The second-order valence-corrected chi connectivity index (χ2v) is 7.03. The number of thiazole rings is 1. The number of benzene rings is 1. The maximum absolute atomic E-state index is 4.65. The summed E-state index contributed by atoms with van der Waals surface area (Å²) < 4.78 is 3.21. The van der Waals surface area contributed by atoms with Crippen molar-refractivity contribution in [2.24, 2.45) is 7.05 Å². The van der Waals surface area contributed by atoms with Gasteiger partial charge in [0, 0.05) is 25.0 Å². The summed E-state index contributed by atoms with van der Waals surface area (Å²) in [5.74, 6) is 1.61. The van der Waals surface area contributed by atoms with Crippen LogP contribution in [0.5, 0.6) is 0 Å². The molecule has 23 heavy (non-hydrogen) atoms. The molecule has 0 fully saturated rings. The molecule has 5 nitrogen and oxygen atoms in total. The van der Waals surface area contributed by atoms with Crippen molar-refractivity contribution in [3.05, 3.63) is 53.8 Å². The minimum Gasteiger partial charge on any atom is -0.305 e. The molecule has 0 spiro atoms. The summed E-state index contributed by atoms with van der Waals surface area (Å²) in [4.78, 5) is 8.79. The van der Waals surface area contributed by atoms with Gasteiger partial charge >= 0.3 is 0 Å². The molecule has 0 aliphatic rings. The zero-order chi connectivity index (χ0) is 15.6. The summed E-state index contributed by atoms with van der Waals surface area (Å²) in [6, 6.07) is 12.1. The largest absolute Gasteiger partial charge is 0.305 e. The van der Waals surface area contributed by atoms with E-state index in [2.05, 4.69) is 26.2 Å². The first kappa shape index (κ1) is 14.3. The lowest BCUT2D eigenvalue weighted by molar-refractivity contribution is 0.793. The molecule has 4 rings (SSSR count). The normalized spacial score (nSPS) is 11.2. The Hall–Kier alpha value is -2.25. The number of thioether (sulfide) groups is 1. The van der Waals surface area contributed by atoms with Crippen molar-refractivity contribution >= 4 is 33.3 Å². The summed E-state index contributed by atoms with van der Waals surface area (Å²) in [5.41, 5.74) is 2.02. The minimum atomic E-state index is 0.790. The Bertz CT molecular complexity index is 912. The third-order valence-electron chi connectivity index (χ3n) is 3.42. The highest BCUT2D eigenvalue weighted by Crippen LogP contribution is 2.28. The molecule has 0 aliphatic carbocycles. The maximum Gasteiger partial charge on any atom is 0.191 e. The Morgan fingerprint density at radius 1 is 1.13 bits per heavy atom. The fourth-order valence-electron chi connectivity index (χ4n) is 2.29. The SMILES string of the molecule is Cn1c(SCc2nc3ccccc3s2)nnc1-c1cccnc1. The van der Waals surface area contributed by atoms with Crippen LogP contribution in [-0.4, -0.2) is 24.7 Å². The highest BCUT2D eigenvalue weighted by molar-refractivity contribution is 7.98. The van der Waals surface area contributed by atoms with Crippen LogP contribution in [0.3, 0.4) is 0 Å². The van der Waals surface area contributed by atoms with Crippen LogP contribution in [0.1, 0.15) is 5.01 Å². The Kier molecular flexibility index (Phi) is 3.80. The van der Waals surface area contributed by atoms with E-state index >= 15 is 0 Å². The summed E-state index contributed by atoms with van der Waals surface area (Å²) in [6.45, 7) is 0. The Balaban J connectivity index is 1.54. The lowest BCUT2D eigenvalue weighted by atomic mass is 10.3. The van der Waals surface area contributed by atoms with Crippen LogP contribution >= 0.6 is 23.1 Å². The molecule has 1 aromatic carbocycles. The average molecular weight is 339 g/mol. The van der Waals surface area contributed by atoms with E-state index in [1.54, 1.807) is 35.5 Å². The first-order valence-electron chi connectivity index (χ1n) is 7.08. The van der Waals surface area contributed by atoms with Crippen molar-refractivity contribution in [2.75, 3.05) is 0 Å². The van der Waals surface area contributed by atoms with Crippen molar-refractivity contribution in [3.63, 3.8) is 0 Å². The van der Waals surface area contributed by atoms with Gasteiger partial charge in [0.15, 0.2) is 11.0 Å². The summed E-state index contributed by atoms with van der Waals surface area (Å²) in [6.07, 6.45) is 3.55. The Morgan fingerprint density at radius 3 is 2.87 bits per heavy atom. The molecule has 0 atom stereocenters. The molecular weight excluding hydrogens is 326 g/mol. The highest BCUT2D eigenvalue weighted by Gasteiger charge is 2.12. The number of para-hydroxylation sites is 1. The van der Waals surface area contributed by atoms with Crippen molar-refractivity contribution in [2.45, 2.75) is 10.9 Å². The number of nitrogens with zero attached hydrogens (tertiary/aromatic N) is 5. The van der Waals surface area contributed by atoms with Gasteiger partial charge in [0.2, 0.25) is 0 Å². The first-order valence-corrected chi connectivity index (χ1v) is 8.88. The monoisotopic (exact) mass is 339 g/mol. The van der Waals surface area contributed by atoms with Gasteiger partial charge in [-0.25, -0.2) is 4.98 Å². The van der Waals surface area contributed by atoms with E-state index in [9.17, 15) is 0 Å². The summed E-state index contributed by atoms with van der Waals surface area (Å²) in [7, 11) is 1.98. The molecule has 7 heteroatoms. The Morgan fingerprint density at radius 2 is 2.04 bits per heavy atom. The van der Waals surface area contributed by atoms with Crippen molar-refractivity contribution in [1.29, 1.82) is 0 Å². The standard InChI is InChI=1S/C16H13N5S2/c1-21-15(11-5-4-8-17-9-11)19-20-16(21)22-10-14-18-12-6-2-3-7-13(12)23-14/h2-9H,10H2,1H3. The molecule has 4 aromatic rings. The van der Waals surface area contributed by atoms with Crippen LogP contribution in [0.2, 0.25) is 0 Å². The molecule has 0 saturated carbocycles. The molecule has 0 bridgehead atoms. The van der Waals surface area contributed by atoms with E-state index < -0.39 is 0 Å². The number of hydrogen-bond acceptors (Lipinski definition) is 6. The van der Waals surface area contributed by atoms with Crippen LogP contribution in [0.25, 0.3) is 21.6 Å². The number of rotatable bonds is 4. The second kappa shape index (κ2) is 6.10. The zero-order valence-corrected chi connectivity index (χ0v) is 14.0. The molecular formula is C16H13N5S2. The van der Waals surface area contributed by atoms with Crippen molar-refractivity contribution < 1.29 is 0 Å². The van der Waals surface area contributed by atoms with Gasteiger partial charge in [-0.1, -0.05) is 23.9 Å². The van der Waals surface area contributed by atoms with E-state index in [0.717, 1.165) is 32.8 Å². The maximum atomic E-state index is 4.65. The molecule has 0 unspecified atom stereocenters. The van der Waals surface area contributed by atoms with E-state index in [-0.39, 0.29) is 0 Å². The topological polar surface area (TPSA) is 56.5 Å². The van der Waals surface area contributed by atoms with Crippen LogP contribution in [-0.2, 0) is 12.8 Å². The number of pyridine rings is 1. The van der Waals surface area contributed by atoms with Gasteiger partial charge in [0.25, 0.3) is 0 Å². The van der Waals surface area contributed by atoms with Crippen LogP contribution in [0.15, 0.2) is 53.9 Å². The molecule has 0 amide bonds. The van der Waals surface area contributed by atoms with Crippen LogP contribution in [0.4, 0.5) is 0 Å². The minimum absolute atomic E-state index is 0.790. The average Bonchev–Trinajstić information content (AvgIpc) is 3.17. The van der Waals surface area contributed by atoms with Crippen molar-refractivity contribution in [3.8, 4) is 11.4 Å². The van der Waals surface area contributed by atoms with Crippen LogP contribution < -0.4 is 0 Å². The third kappa shape index (κ3) is 2.85. The molecule has 0 N–H and O–H groups in total. The number of hydrogen-bond donors (Lipinski definition) is 0. The van der Waals surface area contributed by atoms with Crippen LogP contribution in [0, 0.1) is 0 Å². The molecule has 3 heterocycles. The van der Waals surface area contributed by atoms with E-state index in [0.29, 0.717) is 0 Å².